The van der Waals surface area contributed by atoms with Crippen molar-refractivity contribution in [2.75, 3.05) is 25.1 Å². The first-order chi connectivity index (χ1) is 15.7. The van der Waals surface area contributed by atoms with Gasteiger partial charge < -0.3 is 20.3 Å². The average molecular weight is 447 g/mol. The molecule has 0 aromatic heterocycles. The number of nitrogens with two attached hydrogens (primary N) is 1. The summed E-state index contributed by atoms with van der Waals surface area (Å²) in [5, 5.41) is 7.46. The largest absolute Gasteiger partial charge is 0.466 e. The maximum Gasteiger partial charge on any atom is 0.307 e. The molecule has 0 radical (unpaired) electrons. The summed E-state index contributed by atoms with van der Waals surface area (Å²) in [6.07, 6.45) is 0.00165. The third-order valence-electron chi connectivity index (χ3n) is 5.38. The number of nitrogens with zero attached hydrogens (tertiary/aromatic N) is 2. The molecule has 1 aliphatic rings. The second-order valence-electron chi connectivity index (χ2n) is 7.72. The minimum Gasteiger partial charge on any atom is -0.466 e. The van der Waals surface area contributed by atoms with E-state index in [1.165, 1.54) is 9.80 Å². The molecule has 2 aromatic rings. The molecular weight excluding hydrogens is 420 g/mol. The number of nitrogens with one attached hydrogen (secondary N) is 1. The molecule has 2 aromatic carbocycles. The van der Waals surface area contributed by atoms with E-state index in [1.807, 2.05) is 0 Å². The van der Waals surface area contributed by atoms with Gasteiger partial charge in [0.05, 0.1) is 24.3 Å². The zero-order valence-electron chi connectivity index (χ0n) is 18.8. The average Bonchev–Trinajstić information content (AvgIpc) is 2.88. The Labute approximate surface area is 192 Å². The number of rotatable bonds is 5. The highest BCUT2D eigenvalue weighted by Crippen LogP contribution is 2.27. The number of benzene rings is 2. The van der Waals surface area contributed by atoms with Gasteiger partial charge in [0.1, 0.15) is 12.4 Å². The number of likely N-dealkylation sites (N-methyl/N-ethyl adjacent to an activating group) is 1. The highest BCUT2D eigenvalue weighted by atomic mass is 16.5. The second kappa shape index (κ2) is 10.0. The van der Waals surface area contributed by atoms with Gasteiger partial charge in [-0.1, -0.05) is 24.0 Å². The molecule has 33 heavy (non-hydrogen) atoms. The van der Waals surface area contributed by atoms with Gasteiger partial charge in [0.15, 0.2) is 0 Å². The molecule has 3 rings (SSSR count). The van der Waals surface area contributed by atoms with Crippen LogP contribution in [0.4, 0.5) is 5.69 Å². The van der Waals surface area contributed by atoms with Crippen LogP contribution in [0.25, 0.3) is 0 Å². The number of ether oxygens (including phenoxy) is 1. The lowest BCUT2D eigenvalue weighted by Gasteiger charge is -2.26. The number of fused-ring (bicyclic) bond motifs is 1. The van der Waals surface area contributed by atoms with Crippen molar-refractivity contribution < 1.29 is 19.1 Å². The zero-order valence-corrected chi connectivity index (χ0v) is 18.8. The number of amidine groups is 1. The number of hydrogen-bond acceptors (Lipinski definition) is 5. The molecule has 8 nitrogen and oxygen atoms in total. The van der Waals surface area contributed by atoms with Crippen LogP contribution in [0.5, 0.6) is 0 Å². The molecule has 1 aliphatic heterocycles. The van der Waals surface area contributed by atoms with Gasteiger partial charge in [-0.3, -0.25) is 19.8 Å². The Hall–Kier alpha value is -4.12. The van der Waals surface area contributed by atoms with Crippen molar-refractivity contribution in [1.29, 1.82) is 5.41 Å². The number of anilines is 1. The summed E-state index contributed by atoms with van der Waals surface area (Å²) in [4.78, 5) is 40.8. The molecule has 170 valence electrons. The van der Waals surface area contributed by atoms with Crippen molar-refractivity contribution in [2.45, 2.75) is 26.3 Å². The second-order valence-corrected chi connectivity index (χ2v) is 7.72. The van der Waals surface area contributed by atoms with Crippen LogP contribution in [0.1, 0.15) is 47.3 Å². The van der Waals surface area contributed by atoms with Crippen LogP contribution >= 0.6 is 0 Å². The molecular formula is C25H26N4O4. The van der Waals surface area contributed by atoms with E-state index in [2.05, 4.69) is 11.8 Å². The first-order valence-electron chi connectivity index (χ1n) is 10.5. The molecule has 0 bridgehead atoms. The monoisotopic (exact) mass is 446 g/mol. The Balaban J connectivity index is 1.91. The highest BCUT2D eigenvalue weighted by Gasteiger charge is 2.33. The van der Waals surface area contributed by atoms with Gasteiger partial charge in [-0.15, -0.1) is 0 Å². The van der Waals surface area contributed by atoms with Gasteiger partial charge in [-0.25, -0.2) is 0 Å². The first kappa shape index (κ1) is 23.5. The minimum atomic E-state index is -0.505. The lowest BCUT2D eigenvalue weighted by atomic mass is 10.1. The van der Waals surface area contributed by atoms with Crippen LogP contribution in [-0.4, -0.2) is 54.8 Å². The molecule has 0 unspecified atom stereocenters. The molecule has 3 N–H and O–H groups in total. The first-order valence-corrected chi connectivity index (χ1v) is 10.5. The number of amides is 2. The molecule has 8 heteroatoms. The normalized spacial score (nSPS) is 14.0. The Morgan fingerprint density at radius 3 is 2.42 bits per heavy atom. The Kier molecular flexibility index (Phi) is 7.13. The maximum atomic E-state index is 13.4. The lowest BCUT2D eigenvalue weighted by Crippen LogP contribution is -2.44. The summed E-state index contributed by atoms with van der Waals surface area (Å²) in [5.41, 5.74) is 8.27. The third kappa shape index (κ3) is 5.39. The predicted molar refractivity (Wildman–Crippen MR) is 125 cm³/mol. The summed E-state index contributed by atoms with van der Waals surface area (Å²) in [6.45, 7) is 3.56. The van der Waals surface area contributed by atoms with E-state index in [0.29, 0.717) is 22.4 Å². The fourth-order valence-electron chi connectivity index (χ4n) is 3.49. The van der Waals surface area contributed by atoms with Crippen LogP contribution in [0.15, 0.2) is 42.5 Å². The summed E-state index contributed by atoms with van der Waals surface area (Å²) < 4.78 is 4.99. The van der Waals surface area contributed by atoms with Crippen molar-refractivity contribution in [3.05, 3.63) is 64.7 Å². The SMILES string of the molecule is CCOC(=O)C[C@@H](C)N1CC(=O)N(C)c2ccc(C#Cc3ccc(C(=N)N)cc3)cc2C1=O. The smallest absolute Gasteiger partial charge is 0.307 e. The lowest BCUT2D eigenvalue weighted by molar-refractivity contribution is -0.144. The van der Waals surface area contributed by atoms with Gasteiger partial charge in [-0.2, -0.15) is 0 Å². The Morgan fingerprint density at radius 1 is 1.15 bits per heavy atom. The molecule has 0 fully saturated rings. The molecule has 0 saturated heterocycles. The van der Waals surface area contributed by atoms with E-state index < -0.39 is 12.0 Å². The van der Waals surface area contributed by atoms with E-state index in [-0.39, 0.29) is 37.2 Å². The summed E-state index contributed by atoms with van der Waals surface area (Å²) in [5.74, 6) is 5.05. The topological polar surface area (TPSA) is 117 Å². The highest BCUT2D eigenvalue weighted by molar-refractivity contribution is 6.09. The van der Waals surface area contributed by atoms with E-state index in [0.717, 1.165) is 5.56 Å². The standard InChI is InChI=1S/C25H26N4O4/c1-4-33-23(31)13-16(2)29-15-22(30)28(3)21-12-9-18(14-20(21)25(29)32)6-5-17-7-10-19(11-8-17)24(26)27/h7-12,14,16H,4,13,15H2,1-3H3,(H3,26,27)/t16-/m1/s1. The van der Waals surface area contributed by atoms with E-state index in [4.69, 9.17) is 15.9 Å². The minimum absolute atomic E-state index is 0.00165. The number of carbonyl (C=O) groups excluding carboxylic acids is 3. The van der Waals surface area contributed by atoms with Crippen molar-refractivity contribution >= 4 is 29.3 Å². The Morgan fingerprint density at radius 2 is 1.79 bits per heavy atom. The van der Waals surface area contributed by atoms with Gasteiger partial charge in [0, 0.05) is 29.8 Å². The number of nitrogen functional groups attached to an aromatic ring is 1. The summed E-state index contributed by atoms with van der Waals surface area (Å²) >= 11 is 0. The maximum absolute atomic E-state index is 13.4. The van der Waals surface area contributed by atoms with Crippen molar-refractivity contribution in [1.82, 2.24) is 4.90 Å². The molecule has 1 atom stereocenters. The van der Waals surface area contributed by atoms with Crippen LogP contribution in [-0.2, 0) is 14.3 Å². The van der Waals surface area contributed by atoms with E-state index in [1.54, 1.807) is 63.4 Å². The molecule has 0 aliphatic carbocycles. The van der Waals surface area contributed by atoms with Crippen LogP contribution in [0.3, 0.4) is 0 Å². The molecule has 0 saturated carbocycles. The van der Waals surface area contributed by atoms with Crippen LogP contribution < -0.4 is 10.6 Å². The van der Waals surface area contributed by atoms with E-state index in [9.17, 15) is 14.4 Å². The van der Waals surface area contributed by atoms with Crippen LogP contribution in [0, 0.1) is 17.3 Å². The third-order valence-corrected chi connectivity index (χ3v) is 5.38. The van der Waals surface area contributed by atoms with Crippen LogP contribution in [0.2, 0.25) is 0 Å². The van der Waals surface area contributed by atoms with Crippen molar-refractivity contribution in [3.63, 3.8) is 0 Å². The number of esters is 1. The van der Waals surface area contributed by atoms with Gasteiger partial charge in [-0.05, 0) is 44.2 Å². The molecule has 0 spiro atoms. The van der Waals surface area contributed by atoms with E-state index >= 15 is 0 Å². The quantitative estimate of drug-likeness (QED) is 0.316. The van der Waals surface area contributed by atoms with Crippen molar-refractivity contribution in [3.8, 4) is 11.8 Å². The predicted octanol–water partition coefficient (Wildman–Crippen LogP) is 2.13. The van der Waals surface area contributed by atoms with Gasteiger partial charge in [0.25, 0.3) is 5.91 Å². The zero-order chi connectivity index (χ0) is 24.1. The van der Waals surface area contributed by atoms with Gasteiger partial charge >= 0.3 is 5.97 Å². The van der Waals surface area contributed by atoms with Crippen molar-refractivity contribution in [2.24, 2.45) is 5.73 Å². The summed E-state index contributed by atoms with van der Waals surface area (Å²) in [7, 11) is 1.62. The Bertz CT molecular complexity index is 1160. The fourth-order valence-corrected chi connectivity index (χ4v) is 3.49. The van der Waals surface area contributed by atoms with Gasteiger partial charge in [0.2, 0.25) is 5.91 Å². The number of carbonyl (C=O) groups is 3. The summed E-state index contributed by atoms with van der Waals surface area (Å²) in [6, 6.07) is 11.6. The molecule has 2 amide bonds. The number of hydrogen-bond donors (Lipinski definition) is 2. The fraction of sp³-hybridized carbons (Fsp3) is 0.280. The molecule has 1 heterocycles.